The van der Waals surface area contributed by atoms with Gasteiger partial charge in [0.05, 0.1) is 6.26 Å². The van der Waals surface area contributed by atoms with Crippen LogP contribution in [0.3, 0.4) is 0 Å². The van der Waals surface area contributed by atoms with Gasteiger partial charge >= 0.3 is 6.09 Å². The predicted molar refractivity (Wildman–Crippen MR) is 90.7 cm³/mol. The fraction of sp³-hybridized carbons (Fsp3) is 0.786. The number of amides is 2. The third-order valence-corrected chi connectivity index (χ3v) is 2.38. The minimum absolute atomic E-state index is 0. The molecule has 10 heteroatoms. The molecule has 0 spiro atoms. The summed E-state index contributed by atoms with van der Waals surface area (Å²) in [6.07, 6.45) is 0.420. The average Bonchev–Trinajstić information content (AvgIpc) is 2.24. The standard InChI is InChI=1S/C11H20N2O3.CH4O3S.CH4.CH3.Y/c1-9(14)12-5-7-13(8-6-12)10(15)16-11(2,3)4;1-5(2,3)4;;;/h5-8H2,1-4H3;1H3,(H,2,3,4);1H4;1H3;/q;;;-1;. The molecule has 0 unspecified atom stereocenters. The van der Waals surface area contributed by atoms with E-state index >= 15 is 0 Å². The van der Waals surface area contributed by atoms with E-state index in [9.17, 15) is 18.0 Å². The van der Waals surface area contributed by atoms with E-state index < -0.39 is 15.7 Å². The summed E-state index contributed by atoms with van der Waals surface area (Å²) in [6.45, 7) is 9.36. The van der Waals surface area contributed by atoms with Crippen molar-refractivity contribution in [1.29, 1.82) is 0 Å². The minimum Gasteiger partial charge on any atom is -0.444 e. The molecule has 0 aromatic carbocycles. The molecular weight excluding hydrogens is 413 g/mol. The second-order valence-electron chi connectivity index (χ2n) is 5.71. The van der Waals surface area contributed by atoms with Crippen molar-refractivity contribution in [3.63, 3.8) is 0 Å². The molecule has 0 aliphatic carbocycles. The number of carbonyl (C=O) groups excluding carboxylic acids is 2. The molecule has 1 N–H and O–H groups in total. The van der Waals surface area contributed by atoms with Crippen LogP contribution in [0.25, 0.3) is 0 Å². The Morgan fingerprint density at radius 2 is 1.33 bits per heavy atom. The number of carbonyl (C=O) groups is 2. The van der Waals surface area contributed by atoms with Crippen LogP contribution < -0.4 is 0 Å². The Morgan fingerprint density at radius 3 is 1.58 bits per heavy atom. The first kappa shape index (κ1) is 31.5. The molecule has 0 saturated carbocycles. The van der Waals surface area contributed by atoms with Gasteiger partial charge in [0, 0.05) is 65.8 Å². The number of hydrogen-bond donors (Lipinski definition) is 1. The predicted octanol–water partition coefficient (Wildman–Crippen LogP) is 1.67. The summed E-state index contributed by atoms with van der Waals surface area (Å²) in [5.41, 5.74) is -0.463. The summed E-state index contributed by atoms with van der Waals surface area (Å²) in [5.74, 6) is 0.0591. The third kappa shape index (κ3) is 18.1. The molecule has 1 saturated heterocycles. The summed E-state index contributed by atoms with van der Waals surface area (Å²) < 4.78 is 31.1. The van der Waals surface area contributed by atoms with Gasteiger partial charge in [-0.05, 0) is 20.8 Å². The Bertz CT molecular complexity index is 460. The van der Waals surface area contributed by atoms with Crippen molar-refractivity contribution >= 4 is 22.1 Å². The average molecular weight is 444 g/mol. The maximum atomic E-state index is 11.7. The van der Waals surface area contributed by atoms with Crippen LogP contribution in [0.2, 0.25) is 0 Å². The number of piperazine rings is 1. The Morgan fingerprint density at radius 1 is 1.04 bits per heavy atom. The van der Waals surface area contributed by atoms with Crippen molar-refractivity contribution in [3.8, 4) is 0 Å². The van der Waals surface area contributed by atoms with E-state index in [1.54, 1.807) is 16.7 Å². The maximum Gasteiger partial charge on any atom is 0.410 e. The summed E-state index contributed by atoms with van der Waals surface area (Å²) >= 11 is 0. The SMILES string of the molecule is C.CC(=O)N1CCN(C(=O)OC(C)(C)C)CC1.CS(=O)(=O)O.[CH3-].[Y]. The van der Waals surface area contributed by atoms with Gasteiger partial charge < -0.3 is 22.0 Å². The van der Waals surface area contributed by atoms with Gasteiger partial charge in [-0.2, -0.15) is 8.42 Å². The molecular formula is C14H31N2O6SY-. The molecule has 0 aromatic heterocycles. The first-order valence-electron chi connectivity index (χ1n) is 6.45. The molecule has 0 bridgehead atoms. The van der Waals surface area contributed by atoms with E-state index in [0.29, 0.717) is 32.4 Å². The molecule has 1 aliphatic rings. The van der Waals surface area contributed by atoms with Crippen molar-refractivity contribution in [2.75, 3.05) is 32.4 Å². The molecule has 1 radical (unpaired) electrons. The zero-order valence-corrected chi connectivity index (χ0v) is 18.4. The molecule has 2 amide bonds. The van der Waals surface area contributed by atoms with Gasteiger partial charge in [-0.3, -0.25) is 9.35 Å². The van der Waals surface area contributed by atoms with Gasteiger partial charge in [-0.15, -0.1) is 0 Å². The molecule has 8 nitrogen and oxygen atoms in total. The molecule has 1 heterocycles. The zero-order chi connectivity index (χ0) is 16.8. The van der Waals surface area contributed by atoms with Gasteiger partial charge in [0.1, 0.15) is 5.60 Å². The van der Waals surface area contributed by atoms with Crippen LogP contribution in [0, 0.1) is 7.43 Å². The van der Waals surface area contributed by atoms with Crippen molar-refractivity contribution in [1.82, 2.24) is 9.80 Å². The normalized spacial score (nSPS) is 13.9. The van der Waals surface area contributed by atoms with Gasteiger partial charge in [0.25, 0.3) is 10.1 Å². The summed E-state index contributed by atoms with van der Waals surface area (Å²) in [7, 11) is -3.67. The second kappa shape index (κ2) is 13.0. The largest absolute Gasteiger partial charge is 0.444 e. The van der Waals surface area contributed by atoms with E-state index in [0.717, 1.165) is 0 Å². The monoisotopic (exact) mass is 444 g/mol. The number of hydrogen-bond acceptors (Lipinski definition) is 5. The number of rotatable bonds is 0. The van der Waals surface area contributed by atoms with E-state index in [4.69, 9.17) is 9.29 Å². The van der Waals surface area contributed by atoms with E-state index in [1.165, 1.54) is 0 Å². The van der Waals surface area contributed by atoms with Crippen molar-refractivity contribution in [3.05, 3.63) is 7.43 Å². The minimum atomic E-state index is -3.67. The first-order valence-corrected chi connectivity index (χ1v) is 8.30. The molecule has 143 valence electrons. The summed E-state index contributed by atoms with van der Waals surface area (Å²) in [4.78, 5) is 26.2. The van der Waals surface area contributed by atoms with E-state index in [1.807, 2.05) is 20.8 Å². The Hall–Kier alpha value is -0.246. The van der Waals surface area contributed by atoms with Crippen molar-refractivity contribution < 1.29 is 60.0 Å². The summed E-state index contributed by atoms with van der Waals surface area (Å²) in [6, 6.07) is 0. The van der Waals surface area contributed by atoms with Crippen LogP contribution in [0.4, 0.5) is 4.79 Å². The molecule has 0 aromatic rings. The summed E-state index contributed by atoms with van der Waals surface area (Å²) in [5, 5.41) is 0. The van der Waals surface area contributed by atoms with Gasteiger partial charge in [-0.25, -0.2) is 4.79 Å². The zero-order valence-electron chi connectivity index (χ0n) is 14.7. The van der Waals surface area contributed by atoms with Crippen LogP contribution >= 0.6 is 0 Å². The number of ether oxygens (including phenoxy) is 1. The van der Waals surface area contributed by atoms with Crippen LogP contribution in [0.15, 0.2) is 0 Å². The van der Waals surface area contributed by atoms with Crippen molar-refractivity contribution in [2.24, 2.45) is 0 Å². The van der Waals surface area contributed by atoms with Crippen LogP contribution in [0.5, 0.6) is 0 Å². The smallest absolute Gasteiger partial charge is 0.410 e. The number of nitrogens with zero attached hydrogens (tertiary/aromatic N) is 2. The third-order valence-electron chi connectivity index (χ3n) is 2.38. The van der Waals surface area contributed by atoms with Crippen LogP contribution in [-0.4, -0.2) is 72.8 Å². The van der Waals surface area contributed by atoms with Gasteiger partial charge in [-0.1, -0.05) is 7.43 Å². The molecule has 24 heavy (non-hydrogen) atoms. The van der Waals surface area contributed by atoms with Crippen molar-refractivity contribution in [2.45, 2.75) is 40.7 Å². The van der Waals surface area contributed by atoms with Crippen LogP contribution in [0.1, 0.15) is 35.1 Å². The van der Waals surface area contributed by atoms with Gasteiger partial charge in [0.2, 0.25) is 5.91 Å². The maximum absolute atomic E-state index is 11.7. The Kier molecular flexibility index (Phi) is 17.1. The topological polar surface area (TPSA) is 104 Å². The second-order valence-corrected chi connectivity index (χ2v) is 7.17. The van der Waals surface area contributed by atoms with Crippen LogP contribution in [-0.2, 0) is 52.4 Å². The Labute approximate surface area is 171 Å². The molecule has 0 atom stereocenters. The Balaban J connectivity index is -0.000000221. The molecule has 1 aliphatic heterocycles. The van der Waals surface area contributed by atoms with E-state index in [2.05, 4.69) is 0 Å². The fourth-order valence-electron chi connectivity index (χ4n) is 1.53. The first-order chi connectivity index (χ1) is 9.29. The van der Waals surface area contributed by atoms with Gasteiger partial charge in [0.15, 0.2) is 0 Å². The molecule has 1 fully saturated rings. The quantitative estimate of drug-likeness (QED) is 0.450. The fourth-order valence-corrected chi connectivity index (χ4v) is 1.53. The van der Waals surface area contributed by atoms with E-state index in [-0.39, 0.29) is 59.6 Å². The molecule has 1 rings (SSSR count).